The van der Waals surface area contributed by atoms with Crippen molar-refractivity contribution in [1.82, 2.24) is 0 Å². The van der Waals surface area contributed by atoms with Crippen LogP contribution in [0.5, 0.6) is 0 Å². The van der Waals surface area contributed by atoms with E-state index in [9.17, 15) is 16.8 Å². The van der Waals surface area contributed by atoms with Crippen LogP contribution >= 0.6 is 11.6 Å². The predicted octanol–water partition coefficient (Wildman–Crippen LogP) is 1.95. The van der Waals surface area contributed by atoms with Gasteiger partial charge in [0.05, 0.1) is 15.5 Å². The Morgan fingerprint density at radius 1 is 1.10 bits per heavy atom. The number of rotatable bonds is 6. The highest BCUT2D eigenvalue weighted by atomic mass is 35.5. The average Bonchev–Trinajstić information content (AvgIpc) is 2.32. The Kier molecular flexibility index (Phi) is 5.69. The number of hydrogen-bond donors (Lipinski definition) is 0. The second-order valence-electron chi connectivity index (χ2n) is 5.15. The molecule has 1 rings (SSSR count). The van der Waals surface area contributed by atoms with Crippen LogP contribution in [0.2, 0.25) is 0 Å². The van der Waals surface area contributed by atoms with E-state index >= 15 is 0 Å². The molecule has 21 heavy (non-hydrogen) atoms. The van der Waals surface area contributed by atoms with Crippen LogP contribution in [0.1, 0.15) is 13.8 Å². The van der Waals surface area contributed by atoms with E-state index in [0.29, 0.717) is 18.1 Å². The van der Waals surface area contributed by atoms with Crippen LogP contribution in [0.25, 0.3) is 0 Å². The summed E-state index contributed by atoms with van der Waals surface area (Å²) in [6.07, 6.45) is 2.12. The van der Waals surface area contributed by atoms with E-state index in [0.717, 1.165) is 12.5 Å². The third kappa shape index (κ3) is 4.59. The molecule has 0 bridgehead atoms. The van der Waals surface area contributed by atoms with Gasteiger partial charge in [0.1, 0.15) is 0 Å². The first-order valence-electron chi connectivity index (χ1n) is 6.35. The second kappa shape index (κ2) is 6.54. The summed E-state index contributed by atoms with van der Waals surface area (Å²) >= 11 is 5.77. The fourth-order valence-electron chi connectivity index (χ4n) is 2.01. The molecule has 0 N–H and O–H groups in total. The van der Waals surface area contributed by atoms with Crippen molar-refractivity contribution in [2.24, 2.45) is 0 Å². The maximum atomic E-state index is 12.0. The van der Waals surface area contributed by atoms with Crippen molar-refractivity contribution in [3.05, 3.63) is 18.2 Å². The number of benzene rings is 1. The number of halogens is 1. The van der Waals surface area contributed by atoms with Crippen LogP contribution in [0.15, 0.2) is 28.0 Å². The number of anilines is 1. The van der Waals surface area contributed by atoms with Gasteiger partial charge in [0, 0.05) is 31.0 Å². The van der Waals surface area contributed by atoms with Crippen LogP contribution in [0.3, 0.4) is 0 Å². The highest BCUT2D eigenvalue weighted by Gasteiger charge is 2.22. The molecule has 0 unspecified atom stereocenters. The Morgan fingerprint density at radius 3 is 2.05 bits per heavy atom. The first-order chi connectivity index (χ1) is 9.48. The van der Waals surface area contributed by atoms with Crippen molar-refractivity contribution in [2.75, 3.05) is 29.8 Å². The van der Waals surface area contributed by atoms with Crippen LogP contribution < -0.4 is 4.90 Å². The lowest BCUT2D eigenvalue weighted by Crippen LogP contribution is -2.33. The van der Waals surface area contributed by atoms with E-state index in [4.69, 9.17) is 11.6 Å². The van der Waals surface area contributed by atoms with E-state index in [1.807, 2.05) is 18.7 Å². The van der Waals surface area contributed by atoms with E-state index < -0.39 is 19.7 Å². The highest BCUT2D eigenvalue weighted by Crippen LogP contribution is 2.29. The van der Waals surface area contributed by atoms with Gasteiger partial charge in [0.2, 0.25) is 0 Å². The molecule has 0 spiro atoms. The van der Waals surface area contributed by atoms with E-state index in [2.05, 4.69) is 0 Å². The molecule has 0 heterocycles. The number of sulfone groups is 2. The van der Waals surface area contributed by atoms with Crippen LogP contribution in [-0.4, -0.2) is 47.8 Å². The highest BCUT2D eigenvalue weighted by molar-refractivity contribution is 7.91. The summed E-state index contributed by atoms with van der Waals surface area (Å²) in [7, 11) is -7.03. The summed E-state index contributed by atoms with van der Waals surface area (Å²) in [5, 5.41) is 0. The maximum absolute atomic E-state index is 12.0. The molecule has 0 aliphatic rings. The molecule has 0 aliphatic carbocycles. The maximum Gasteiger partial charge on any atom is 0.177 e. The molecule has 5 nitrogen and oxygen atoms in total. The zero-order chi connectivity index (χ0) is 16.4. The van der Waals surface area contributed by atoms with Gasteiger partial charge in [-0.1, -0.05) is 0 Å². The molecule has 1 aromatic rings. The van der Waals surface area contributed by atoms with Crippen LogP contribution in [0, 0.1) is 0 Å². The van der Waals surface area contributed by atoms with Gasteiger partial charge in [-0.25, -0.2) is 16.8 Å². The van der Waals surface area contributed by atoms with Crippen molar-refractivity contribution in [3.63, 3.8) is 0 Å². The van der Waals surface area contributed by atoms with Gasteiger partial charge in [-0.15, -0.1) is 11.6 Å². The zero-order valence-corrected chi connectivity index (χ0v) is 14.9. The fourth-order valence-corrected chi connectivity index (χ4v) is 3.82. The monoisotopic (exact) mass is 353 g/mol. The van der Waals surface area contributed by atoms with Crippen molar-refractivity contribution in [1.29, 1.82) is 0 Å². The molecule has 0 aromatic heterocycles. The first-order valence-corrected chi connectivity index (χ1v) is 10.7. The number of alkyl halides is 1. The number of hydrogen-bond acceptors (Lipinski definition) is 5. The quantitative estimate of drug-likeness (QED) is 0.731. The molecule has 0 aliphatic heterocycles. The van der Waals surface area contributed by atoms with Gasteiger partial charge >= 0.3 is 0 Å². The Labute approximate surface area is 131 Å². The van der Waals surface area contributed by atoms with E-state index in [1.54, 1.807) is 0 Å². The minimum Gasteiger partial charge on any atom is -0.367 e. The largest absolute Gasteiger partial charge is 0.367 e. The molecule has 0 amide bonds. The predicted molar refractivity (Wildman–Crippen MR) is 85.9 cm³/mol. The van der Waals surface area contributed by atoms with Crippen molar-refractivity contribution in [2.45, 2.75) is 29.7 Å². The van der Waals surface area contributed by atoms with E-state index in [1.165, 1.54) is 18.2 Å². The molecule has 8 heteroatoms. The lowest BCUT2D eigenvalue weighted by molar-refractivity contribution is 0.599. The van der Waals surface area contributed by atoms with Gasteiger partial charge in [0.25, 0.3) is 0 Å². The topological polar surface area (TPSA) is 71.5 Å². The fraction of sp³-hybridized carbons (Fsp3) is 0.538. The summed E-state index contributed by atoms with van der Waals surface area (Å²) in [5.74, 6) is 0.342. The van der Waals surface area contributed by atoms with Crippen LogP contribution in [0.4, 0.5) is 5.69 Å². The Bertz CT molecular complexity index is 712. The molecule has 1 aromatic carbocycles. The Morgan fingerprint density at radius 2 is 1.67 bits per heavy atom. The lowest BCUT2D eigenvalue weighted by atomic mass is 10.2. The molecule has 0 saturated carbocycles. The minimum atomic E-state index is -3.56. The Hall–Kier alpha value is -0.790. The minimum absolute atomic E-state index is 0.00393. The normalized spacial score (nSPS) is 12.7. The second-order valence-corrected chi connectivity index (χ2v) is 9.53. The third-order valence-corrected chi connectivity index (χ3v) is 5.42. The van der Waals surface area contributed by atoms with Gasteiger partial charge in [-0.3, -0.25) is 0 Å². The summed E-state index contributed by atoms with van der Waals surface area (Å²) < 4.78 is 47.3. The molecule has 0 fully saturated rings. The Balaban J connectivity index is 3.60. The van der Waals surface area contributed by atoms with Crippen LogP contribution in [-0.2, 0) is 19.7 Å². The SMILES string of the molecule is CC(C)N(CCCl)c1ccc(S(C)(=O)=O)cc1S(C)(=O)=O. The summed E-state index contributed by atoms with van der Waals surface area (Å²) in [5.41, 5.74) is 0.473. The summed E-state index contributed by atoms with van der Waals surface area (Å²) in [4.78, 5) is 1.83. The molecule has 0 radical (unpaired) electrons. The van der Waals surface area contributed by atoms with Gasteiger partial charge in [0.15, 0.2) is 19.7 Å². The smallest absolute Gasteiger partial charge is 0.177 e. The standard InChI is InChI=1S/C13H20ClNO4S2/c1-10(2)15(8-7-14)12-6-5-11(20(3,16)17)9-13(12)21(4,18)19/h5-6,9-10H,7-8H2,1-4H3. The third-order valence-electron chi connectivity index (χ3n) is 3.02. The van der Waals surface area contributed by atoms with Gasteiger partial charge in [-0.2, -0.15) is 0 Å². The van der Waals surface area contributed by atoms with E-state index in [-0.39, 0.29) is 15.8 Å². The van der Waals surface area contributed by atoms with Gasteiger partial charge < -0.3 is 4.90 Å². The van der Waals surface area contributed by atoms with Gasteiger partial charge in [-0.05, 0) is 32.0 Å². The average molecular weight is 354 g/mol. The molecule has 120 valence electrons. The molecular weight excluding hydrogens is 334 g/mol. The van der Waals surface area contributed by atoms with Crippen molar-refractivity contribution >= 4 is 37.0 Å². The molecular formula is C13H20ClNO4S2. The summed E-state index contributed by atoms with van der Waals surface area (Å²) in [6.45, 7) is 4.31. The number of nitrogens with zero attached hydrogens (tertiary/aromatic N) is 1. The van der Waals surface area contributed by atoms with Crippen molar-refractivity contribution < 1.29 is 16.8 Å². The first kappa shape index (κ1) is 18.3. The zero-order valence-electron chi connectivity index (χ0n) is 12.5. The van der Waals surface area contributed by atoms with Crippen molar-refractivity contribution in [3.8, 4) is 0 Å². The lowest BCUT2D eigenvalue weighted by Gasteiger charge is -2.30. The summed E-state index contributed by atoms with van der Waals surface area (Å²) in [6, 6.07) is 4.19. The molecule has 0 saturated heterocycles. The molecule has 0 atom stereocenters.